The SMILES string of the molecule is CNCc1ccc(C2=CN3C[C@@H](C)N=C3C(C(=O)N[C@H](C)c3cccc(C(F)F)c3F)=C2)cc1F. The summed E-state index contributed by atoms with van der Waals surface area (Å²) in [6, 6.07) is 7.66. The number of fused-ring (bicyclic) bond motifs is 1. The van der Waals surface area contributed by atoms with Gasteiger partial charge in [-0.15, -0.1) is 0 Å². The Bertz CT molecular complexity index is 1240. The molecule has 0 aromatic heterocycles. The molecule has 0 spiro atoms. The molecule has 2 aromatic rings. The number of aliphatic imine (C=N–C) groups is 1. The second kappa shape index (κ2) is 10.0. The van der Waals surface area contributed by atoms with E-state index in [2.05, 4.69) is 15.6 Å². The number of amidine groups is 1. The van der Waals surface area contributed by atoms with Crippen LogP contribution in [-0.4, -0.2) is 36.3 Å². The fourth-order valence-corrected chi connectivity index (χ4v) is 4.27. The van der Waals surface area contributed by atoms with Crippen molar-refractivity contribution >= 4 is 17.3 Å². The first-order valence-electron chi connectivity index (χ1n) is 11.3. The highest BCUT2D eigenvalue weighted by atomic mass is 19.3. The number of alkyl halides is 2. The van der Waals surface area contributed by atoms with Gasteiger partial charge in [0.1, 0.15) is 17.5 Å². The van der Waals surface area contributed by atoms with E-state index in [1.807, 2.05) is 18.0 Å². The predicted octanol–water partition coefficient (Wildman–Crippen LogP) is 4.88. The molecule has 2 aliphatic heterocycles. The molecule has 1 amide bonds. The lowest BCUT2D eigenvalue weighted by atomic mass is 9.97. The Balaban J connectivity index is 1.64. The number of nitrogens with one attached hydrogen (secondary N) is 2. The van der Waals surface area contributed by atoms with Crippen molar-refractivity contribution in [3.05, 3.63) is 88.1 Å². The average molecular weight is 487 g/mol. The number of hydrogen-bond donors (Lipinski definition) is 2. The minimum atomic E-state index is -2.96. The van der Waals surface area contributed by atoms with Gasteiger partial charge in [0.2, 0.25) is 0 Å². The molecule has 184 valence electrons. The van der Waals surface area contributed by atoms with Crippen molar-refractivity contribution in [3.63, 3.8) is 0 Å². The molecule has 2 N–H and O–H groups in total. The molecule has 0 unspecified atom stereocenters. The average Bonchev–Trinajstić information content (AvgIpc) is 3.19. The first-order valence-corrected chi connectivity index (χ1v) is 11.3. The van der Waals surface area contributed by atoms with E-state index in [-0.39, 0.29) is 23.0 Å². The Morgan fingerprint density at radius 1 is 1.20 bits per heavy atom. The molecule has 2 heterocycles. The van der Waals surface area contributed by atoms with Crippen LogP contribution in [-0.2, 0) is 11.3 Å². The van der Waals surface area contributed by atoms with Crippen LogP contribution in [0.15, 0.2) is 59.2 Å². The van der Waals surface area contributed by atoms with Gasteiger partial charge in [0.15, 0.2) is 0 Å². The van der Waals surface area contributed by atoms with Crippen LogP contribution < -0.4 is 10.6 Å². The number of carbonyl (C=O) groups is 1. The van der Waals surface area contributed by atoms with E-state index < -0.39 is 29.8 Å². The van der Waals surface area contributed by atoms with Crippen molar-refractivity contribution in [3.8, 4) is 0 Å². The summed E-state index contributed by atoms with van der Waals surface area (Å²) in [5.74, 6) is -1.48. The maximum absolute atomic E-state index is 14.6. The summed E-state index contributed by atoms with van der Waals surface area (Å²) < 4.78 is 55.4. The normalized spacial score (nSPS) is 18.1. The molecule has 0 saturated carbocycles. The van der Waals surface area contributed by atoms with Crippen molar-refractivity contribution in [1.29, 1.82) is 0 Å². The number of nitrogens with zero attached hydrogens (tertiary/aromatic N) is 2. The minimum Gasteiger partial charge on any atom is -0.345 e. The topological polar surface area (TPSA) is 56.7 Å². The summed E-state index contributed by atoms with van der Waals surface area (Å²) >= 11 is 0. The fourth-order valence-electron chi connectivity index (χ4n) is 4.27. The van der Waals surface area contributed by atoms with Crippen LogP contribution >= 0.6 is 0 Å². The van der Waals surface area contributed by atoms with Crippen LogP contribution in [0.2, 0.25) is 0 Å². The van der Waals surface area contributed by atoms with Gasteiger partial charge in [0.25, 0.3) is 12.3 Å². The van der Waals surface area contributed by atoms with E-state index in [9.17, 15) is 22.4 Å². The Kier molecular flexibility index (Phi) is 7.07. The maximum Gasteiger partial charge on any atom is 0.266 e. The summed E-state index contributed by atoms with van der Waals surface area (Å²) in [5, 5.41) is 5.61. The monoisotopic (exact) mass is 486 g/mol. The molecular formula is C26H26F4N4O. The molecule has 2 atom stereocenters. The molecule has 2 aliphatic rings. The van der Waals surface area contributed by atoms with Crippen LogP contribution in [0.1, 0.15) is 48.6 Å². The van der Waals surface area contributed by atoms with Gasteiger partial charge in [-0.3, -0.25) is 9.79 Å². The number of rotatable bonds is 7. The molecule has 0 bridgehead atoms. The predicted molar refractivity (Wildman–Crippen MR) is 127 cm³/mol. The minimum absolute atomic E-state index is 0.0379. The first kappa shape index (κ1) is 24.7. The van der Waals surface area contributed by atoms with E-state index in [0.717, 1.165) is 6.07 Å². The Hall–Kier alpha value is -3.46. The van der Waals surface area contributed by atoms with Gasteiger partial charge in [-0.25, -0.2) is 17.6 Å². The Morgan fingerprint density at radius 2 is 1.94 bits per heavy atom. The molecule has 4 rings (SSSR count). The molecule has 0 saturated heterocycles. The summed E-state index contributed by atoms with van der Waals surface area (Å²) in [6.45, 7) is 4.37. The third-order valence-corrected chi connectivity index (χ3v) is 6.02. The summed E-state index contributed by atoms with van der Waals surface area (Å²) in [6.07, 6.45) is 0.476. The van der Waals surface area contributed by atoms with Crippen LogP contribution in [0.4, 0.5) is 17.6 Å². The molecular weight excluding hydrogens is 460 g/mol. The standard InChI is InChI=1S/C26H26F4N4O/c1-14-12-34-13-18(16-7-8-17(11-31-3)22(27)10-16)9-21(25(34)32-14)26(35)33-15(2)19-5-4-6-20(23(19)28)24(29)30/h4-10,13-15,24,31H,11-12H2,1-3H3,(H,33,35)/t14-,15-/m1/s1. The zero-order chi connectivity index (χ0) is 25.3. The van der Waals surface area contributed by atoms with E-state index in [1.54, 1.807) is 25.3 Å². The van der Waals surface area contributed by atoms with Gasteiger partial charge < -0.3 is 15.5 Å². The van der Waals surface area contributed by atoms with Gasteiger partial charge in [0.05, 0.1) is 23.2 Å². The fraction of sp³-hybridized carbons (Fsp3) is 0.308. The van der Waals surface area contributed by atoms with Crippen molar-refractivity contribution in [2.45, 2.75) is 38.9 Å². The number of benzene rings is 2. The van der Waals surface area contributed by atoms with Crippen LogP contribution in [0.5, 0.6) is 0 Å². The van der Waals surface area contributed by atoms with Gasteiger partial charge in [-0.1, -0.05) is 30.3 Å². The lowest BCUT2D eigenvalue weighted by Gasteiger charge is -2.25. The van der Waals surface area contributed by atoms with E-state index in [1.165, 1.54) is 25.1 Å². The molecule has 9 heteroatoms. The van der Waals surface area contributed by atoms with Crippen molar-refractivity contribution in [2.75, 3.05) is 13.6 Å². The van der Waals surface area contributed by atoms with Crippen molar-refractivity contribution in [1.82, 2.24) is 15.5 Å². The van der Waals surface area contributed by atoms with Crippen molar-refractivity contribution in [2.24, 2.45) is 4.99 Å². The summed E-state index contributed by atoms with van der Waals surface area (Å²) in [4.78, 5) is 19.7. The smallest absolute Gasteiger partial charge is 0.266 e. The summed E-state index contributed by atoms with van der Waals surface area (Å²) in [5.41, 5.74) is 1.22. The third kappa shape index (κ3) is 5.00. The van der Waals surface area contributed by atoms with E-state index in [4.69, 9.17) is 0 Å². The molecule has 35 heavy (non-hydrogen) atoms. The van der Waals surface area contributed by atoms with E-state index >= 15 is 0 Å². The molecule has 2 aromatic carbocycles. The maximum atomic E-state index is 14.6. The molecule has 0 aliphatic carbocycles. The van der Waals surface area contributed by atoms with Gasteiger partial charge >= 0.3 is 0 Å². The number of halogens is 4. The highest BCUT2D eigenvalue weighted by Crippen LogP contribution is 2.31. The van der Waals surface area contributed by atoms with E-state index in [0.29, 0.717) is 35.6 Å². The largest absolute Gasteiger partial charge is 0.345 e. The third-order valence-electron chi connectivity index (χ3n) is 6.02. The molecule has 0 fully saturated rings. The Morgan fingerprint density at radius 3 is 2.63 bits per heavy atom. The number of amides is 1. The highest BCUT2D eigenvalue weighted by molar-refractivity contribution is 6.24. The van der Waals surface area contributed by atoms with Gasteiger partial charge in [-0.2, -0.15) is 0 Å². The van der Waals surface area contributed by atoms with Crippen LogP contribution in [0.25, 0.3) is 5.57 Å². The number of carbonyl (C=O) groups excluding carboxylic acids is 1. The highest BCUT2D eigenvalue weighted by Gasteiger charge is 2.32. The lowest BCUT2D eigenvalue weighted by Crippen LogP contribution is -2.37. The Labute approximate surface area is 201 Å². The van der Waals surface area contributed by atoms with Gasteiger partial charge in [0, 0.05) is 30.4 Å². The first-order chi connectivity index (χ1) is 16.7. The molecule has 5 nitrogen and oxygen atoms in total. The number of hydrogen-bond acceptors (Lipinski definition) is 4. The van der Waals surface area contributed by atoms with Crippen molar-refractivity contribution < 1.29 is 22.4 Å². The van der Waals surface area contributed by atoms with Crippen LogP contribution in [0, 0.1) is 11.6 Å². The zero-order valence-corrected chi connectivity index (χ0v) is 19.6. The number of allylic oxidation sites excluding steroid dienone is 2. The second-order valence-corrected chi connectivity index (χ2v) is 8.68. The summed E-state index contributed by atoms with van der Waals surface area (Å²) in [7, 11) is 1.73. The quantitative estimate of drug-likeness (QED) is 0.549. The molecule has 0 radical (unpaired) electrons. The lowest BCUT2D eigenvalue weighted by molar-refractivity contribution is -0.117. The zero-order valence-electron chi connectivity index (χ0n) is 19.6. The van der Waals surface area contributed by atoms with Crippen LogP contribution in [0.3, 0.4) is 0 Å². The second-order valence-electron chi connectivity index (χ2n) is 8.68. The van der Waals surface area contributed by atoms with Gasteiger partial charge in [-0.05, 0) is 44.2 Å².